The van der Waals surface area contributed by atoms with E-state index >= 15 is 0 Å². The molecular formula is C21H23N5O2. The SMILES string of the molecule is CC1=CC(=Nc2c(OCCO)nn3ccccc23)C(=N)c2c(C)c(C)n(C)c21. The summed E-state index contributed by atoms with van der Waals surface area (Å²) in [6.07, 6.45) is 3.76. The molecule has 1 aliphatic carbocycles. The normalized spacial score (nSPS) is 15.2. The third-order valence-corrected chi connectivity index (χ3v) is 5.27. The highest BCUT2D eigenvalue weighted by atomic mass is 16.5. The predicted octanol–water partition coefficient (Wildman–Crippen LogP) is 3.22. The van der Waals surface area contributed by atoms with E-state index in [9.17, 15) is 0 Å². The number of aliphatic hydroxyl groups excluding tert-OH is 1. The number of hydrogen-bond acceptors (Lipinski definition) is 5. The van der Waals surface area contributed by atoms with Crippen LogP contribution in [0.15, 0.2) is 35.5 Å². The lowest BCUT2D eigenvalue weighted by Crippen LogP contribution is -2.19. The highest BCUT2D eigenvalue weighted by molar-refractivity contribution is 6.54. The van der Waals surface area contributed by atoms with Gasteiger partial charge in [-0.1, -0.05) is 6.07 Å². The van der Waals surface area contributed by atoms with E-state index in [-0.39, 0.29) is 13.2 Å². The number of aliphatic imine (C=N–C) groups is 1. The van der Waals surface area contributed by atoms with Gasteiger partial charge in [-0.05, 0) is 50.1 Å². The van der Waals surface area contributed by atoms with Gasteiger partial charge in [-0.25, -0.2) is 9.51 Å². The molecular weight excluding hydrogens is 354 g/mol. The molecule has 4 rings (SSSR count). The van der Waals surface area contributed by atoms with Crippen LogP contribution in [0.4, 0.5) is 5.69 Å². The van der Waals surface area contributed by atoms with Crippen LogP contribution in [0.1, 0.15) is 29.4 Å². The number of hydrogen-bond donors (Lipinski definition) is 2. The summed E-state index contributed by atoms with van der Waals surface area (Å²) in [6, 6.07) is 5.69. The van der Waals surface area contributed by atoms with Crippen LogP contribution in [-0.4, -0.2) is 43.9 Å². The van der Waals surface area contributed by atoms with E-state index in [1.54, 1.807) is 4.52 Å². The van der Waals surface area contributed by atoms with Gasteiger partial charge >= 0.3 is 0 Å². The van der Waals surface area contributed by atoms with Crippen molar-refractivity contribution in [3.8, 4) is 5.88 Å². The minimum absolute atomic E-state index is 0.107. The first-order valence-electron chi connectivity index (χ1n) is 9.17. The molecule has 0 fully saturated rings. The number of nitrogens with zero attached hydrogens (tertiary/aromatic N) is 4. The Kier molecular flexibility index (Phi) is 4.39. The van der Waals surface area contributed by atoms with E-state index in [1.165, 1.54) is 0 Å². The molecule has 0 saturated heterocycles. The van der Waals surface area contributed by atoms with Crippen molar-refractivity contribution < 1.29 is 9.84 Å². The first-order valence-corrected chi connectivity index (χ1v) is 9.17. The third kappa shape index (κ3) is 2.66. The van der Waals surface area contributed by atoms with Crippen LogP contribution in [0.2, 0.25) is 0 Å². The Morgan fingerprint density at radius 2 is 2.04 bits per heavy atom. The molecule has 3 heterocycles. The van der Waals surface area contributed by atoms with Crippen LogP contribution in [-0.2, 0) is 7.05 Å². The summed E-state index contributed by atoms with van der Waals surface area (Å²) >= 11 is 0. The fraction of sp³-hybridized carbons (Fsp3) is 0.286. The van der Waals surface area contributed by atoms with Crippen molar-refractivity contribution in [3.63, 3.8) is 0 Å². The number of ether oxygens (including phenoxy) is 1. The van der Waals surface area contributed by atoms with E-state index in [0.717, 1.165) is 33.6 Å². The van der Waals surface area contributed by atoms with Crippen molar-refractivity contribution in [1.82, 2.24) is 14.2 Å². The van der Waals surface area contributed by atoms with Gasteiger partial charge in [0.05, 0.1) is 29.2 Å². The Morgan fingerprint density at radius 3 is 2.79 bits per heavy atom. The minimum atomic E-state index is -0.107. The van der Waals surface area contributed by atoms with Gasteiger partial charge in [-0.3, -0.25) is 5.41 Å². The smallest absolute Gasteiger partial charge is 0.260 e. The van der Waals surface area contributed by atoms with Gasteiger partial charge in [-0.2, -0.15) is 0 Å². The van der Waals surface area contributed by atoms with Gasteiger partial charge < -0.3 is 14.4 Å². The third-order valence-electron chi connectivity index (χ3n) is 5.27. The highest BCUT2D eigenvalue weighted by Gasteiger charge is 2.27. The molecule has 0 bridgehead atoms. The zero-order valence-electron chi connectivity index (χ0n) is 16.4. The predicted molar refractivity (Wildman–Crippen MR) is 110 cm³/mol. The van der Waals surface area contributed by atoms with Gasteiger partial charge in [-0.15, -0.1) is 5.10 Å². The Bertz CT molecular complexity index is 1160. The van der Waals surface area contributed by atoms with E-state index in [2.05, 4.69) is 16.6 Å². The van der Waals surface area contributed by atoms with E-state index in [1.807, 2.05) is 51.4 Å². The minimum Gasteiger partial charge on any atom is -0.473 e. The molecule has 2 N–H and O–H groups in total. The van der Waals surface area contributed by atoms with Gasteiger partial charge in [0.25, 0.3) is 5.88 Å². The van der Waals surface area contributed by atoms with Crippen LogP contribution in [0, 0.1) is 19.3 Å². The fourth-order valence-corrected chi connectivity index (χ4v) is 3.70. The molecule has 3 aromatic rings. The highest BCUT2D eigenvalue weighted by Crippen LogP contribution is 2.35. The second-order valence-corrected chi connectivity index (χ2v) is 6.95. The second kappa shape index (κ2) is 6.76. The zero-order valence-corrected chi connectivity index (χ0v) is 16.4. The molecule has 0 amide bonds. The number of aliphatic hydroxyl groups is 1. The number of rotatable bonds is 4. The molecule has 0 aliphatic heterocycles. The summed E-state index contributed by atoms with van der Waals surface area (Å²) in [5.74, 6) is 0.346. The molecule has 7 heteroatoms. The number of allylic oxidation sites excluding steroid dienone is 2. The zero-order chi connectivity index (χ0) is 20.0. The fourth-order valence-electron chi connectivity index (χ4n) is 3.70. The molecule has 0 atom stereocenters. The molecule has 0 aromatic carbocycles. The van der Waals surface area contributed by atoms with Crippen LogP contribution in [0.5, 0.6) is 5.88 Å². The molecule has 1 aliphatic rings. The van der Waals surface area contributed by atoms with Crippen molar-refractivity contribution in [2.75, 3.05) is 13.2 Å². The second-order valence-electron chi connectivity index (χ2n) is 6.95. The molecule has 28 heavy (non-hydrogen) atoms. The van der Waals surface area contributed by atoms with E-state index < -0.39 is 0 Å². The summed E-state index contributed by atoms with van der Waals surface area (Å²) in [6.45, 7) is 6.18. The van der Waals surface area contributed by atoms with Gasteiger partial charge in [0.15, 0.2) is 5.69 Å². The largest absolute Gasteiger partial charge is 0.473 e. The molecule has 0 unspecified atom stereocenters. The van der Waals surface area contributed by atoms with Gasteiger partial charge in [0.2, 0.25) is 0 Å². The Labute approximate surface area is 163 Å². The Balaban J connectivity index is 1.89. The standard InChI is InChI=1S/C21H23N5O2/c1-12-11-15(18(22)17-13(2)14(3)25(4)20(12)17)23-19-16-7-5-6-8-26(16)24-21(19)28-10-9-27/h5-8,11,22,27H,9-10H2,1-4H3. The monoisotopic (exact) mass is 377 g/mol. The van der Waals surface area contributed by atoms with Crippen LogP contribution >= 0.6 is 0 Å². The molecule has 3 aromatic heterocycles. The van der Waals surface area contributed by atoms with Crippen molar-refractivity contribution in [3.05, 3.63) is 53.0 Å². The Hall–Kier alpha value is -3.19. The molecule has 7 nitrogen and oxygen atoms in total. The van der Waals surface area contributed by atoms with Crippen molar-refractivity contribution in [2.24, 2.45) is 12.0 Å². The quantitative estimate of drug-likeness (QED) is 0.732. The number of pyridine rings is 1. The number of nitrogens with one attached hydrogen (secondary N) is 1. The average molecular weight is 377 g/mol. The molecule has 144 valence electrons. The van der Waals surface area contributed by atoms with Crippen LogP contribution in [0.3, 0.4) is 0 Å². The van der Waals surface area contributed by atoms with E-state index in [0.29, 0.717) is 23.0 Å². The lowest BCUT2D eigenvalue weighted by Gasteiger charge is -2.16. The van der Waals surface area contributed by atoms with Crippen LogP contribution < -0.4 is 4.74 Å². The maximum absolute atomic E-state index is 9.12. The lowest BCUT2D eigenvalue weighted by molar-refractivity contribution is 0.197. The maximum Gasteiger partial charge on any atom is 0.260 e. The van der Waals surface area contributed by atoms with Crippen molar-refractivity contribution in [1.29, 1.82) is 5.41 Å². The summed E-state index contributed by atoms with van der Waals surface area (Å²) < 4.78 is 9.43. The first kappa shape index (κ1) is 18.2. The summed E-state index contributed by atoms with van der Waals surface area (Å²) in [5.41, 5.74) is 7.61. The summed E-state index contributed by atoms with van der Waals surface area (Å²) in [7, 11) is 2.03. The maximum atomic E-state index is 9.12. The molecule has 0 radical (unpaired) electrons. The Morgan fingerprint density at radius 1 is 1.25 bits per heavy atom. The summed E-state index contributed by atoms with van der Waals surface area (Å²) in [5, 5.41) is 22.3. The molecule has 0 saturated carbocycles. The van der Waals surface area contributed by atoms with E-state index in [4.69, 9.17) is 20.2 Å². The van der Waals surface area contributed by atoms with Gasteiger partial charge in [0.1, 0.15) is 6.61 Å². The number of aromatic nitrogens is 3. The van der Waals surface area contributed by atoms with Crippen LogP contribution in [0.25, 0.3) is 11.1 Å². The summed E-state index contributed by atoms with van der Waals surface area (Å²) in [4.78, 5) is 4.79. The topological polar surface area (TPSA) is 87.9 Å². The van der Waals surface area contributed by atoms with Gasteiger partial charge in [0, 0.05) is 24.5 Å². The van der Waals surface area contributed by atoms with Crippen molar-refractivity contribution >= 4 is 28.2 Å². The number of fused-ring (bicyclic) bond motifs is 2. The van der Waals surface area contributed by atoms with Crippen molar-refractivity contribution in [2.45, 2.75) is 20.8 Å². The average Bonchev–Trinajstić information content (AvgIpc) is 3.15. The first-order chi connectivity index (χ1) is 13.4. The lowest BCUT2D eigenvalue weighted by atomic mass is 9.92. The molecule has 0 spiro atoms.